The van der Waals surface area contributed by atoms with Crippen LogP contribution in [0.5, 0.6) is 0 Å². The lowest BCUT2D eigenvalue weighted by atomic mass is 9.70. The molecule has 0 aliphatic heterocycles. The Balaban J connectivity index is 2.02. The van der Waals surface area contributed by atoms with Crippen LogP contribution in [0.1, 0.15) is 72.1 Å². The highest BCUT2D eigenvalue weighted by molar-refractivity contribution is 5.03. The maximum atomic E-state index is 3.91. The largest absolute Gasteiger partial charge is 0.313 e. The highest BCUT2D eigenvalue weighted by Gasteiger charge is 2.49. The molecule has 2 aliphatic rings. The van der Waals surface area contributed by atoms with E-state index in [9.17, 15) is 0 Å². The van der Waals surface area contributed by atoms with Crippen LogP contribution >= 0.6 is 0 Å². The normalized spacial score (nSPS) is 33.4. The van der Waals surface area contributed by atoms with E-state index in [-0.39, 0.29) is 0 Å². The van der Waals surface area contributed by atoms with E-state index in [2.05, 4.69) is 26.1 Å². The minimum Gasteiger partial charge on any atom is -0.313 e. The Kier molecular flexibility index (Phi) is 4.52. The third-order valence-corrected chi connectivity index (χ3v) is 5.32. The average molecular weight is 237 g/mol. The molecule has 2 aliphatic carbocycles. The third kappa shape index (κ3) is 3.05. The van der Waals surface area contributed by atoms with E-state index in [4.69, 9.17) is 0 Å². The first-order chi connectivity index (χ1) is 8.21. The first-order valence-electron chi connectivity index (χ1n) is 7.94. The monoisotopic (exact) mass is 237 g/mol. The molecule has 100 valence electrons. The smallest absolute Gasteiger partial charge is 0.0152 e. The van der Waals surface area contributed by atoms with E-state index in [1.54, 1.807) is 0 Å². The average Bonchev–Trinajstić information content (AvgIpc) is 3.09. The Labute approximate surface area is 108 Å². The molecule has 0 aromatic carbocycles. The molecule has 1 nitrogen and oxygen atoms in total. The van der Waals surface area contributed by atoms with E-state index in [0.717, 1.165) is 17.9 Å². The second kappa shape index (κ2) is 5.73. The first kappa shape index (κ1) is 13.4. The van der Waals surface area contributed by atoms with Crippen LogP contribution in [0.25, 0.3) is 0 Å². The number of nitrogens with one attached hydrogen (secondary N) is 1. The predicted molar refractivity (Wildman–Crippen MR) is 75.2 cm³/mol. The summed E-state index contributed by atoms with van der Waals surface area (Å²) in [5.41, 5.74) is 0.643. The lowest BCUT2D eigenvalue weighted by Gasteiger charge is -2.40. The number of rotatable bonds is 6. The van der Waals surface area contributed by atoms with Crippen molar-refractivity contribution in [2.45, 2.75) is 78.2 Å². The molecule has 0 aromatic heterocycles. The van der Waals surface area contributed by atoms with Gasteiger partial charge in [0.2, 0.25) is 0 Å². The zero-order valence-electron chi connectivity index (χ0n) is 12.1. The van der Waals surface area contributed by atoms with Crippen LogP contribution in [0, 0.1) is 17.3 Å². The summed E-state index contributed by atoms with van der Waals surface area (Å²) in [6.07, 6.45) is 11.5. The van der Waals surface area contributed by atoms with Gasteiger partial charge in [-0.2, -0.15) is 0 Å². The summed E-state index contributed by atoms with van der Waals surface area (Å²) < 4.78 is 0. The fraction of sp³-hybridized carbons (Fsp3) is 1.00. The zero-order chi connectivity index (χ0) is 12.3. The summed E-state index contributed by atoms with van der Waals surface area (Å²) in [6.45, 7) is 8.42. The Morgan fingerprint density at radius 2 is 1.88 bits per heavy atom. The van der Waals surface area contributed by atoms with Crippen molar-refractivity contribution < 1.29 is 0 Å². The molecule has 0 spiro atoms. The van der Waals surface area contributed by atoms with Crippen molar-refractivity contribution in [3.63, 3.8) is 0 Å². The molecule has 0 bridgehead atoms. The van der Waals surface area contributed by atoms with E-state index >= 15 is 0 Å². The molecule has 0 amide bonds. The molecule has 1 N–H and O–H groups in total. The zero-order valence-corrected chi connectivity index (χ0v) is 12.1. The van der Waals surface area contributed by atoms with E-state index < -0.39 is 0 Å². The van der Waals surface area contributed by atoms with Crippen LogP contribution in [0.3, 0.4) is 0 Å². The molecule has 17 heavy (non-hydrogen) atoms. The van der Waals surface area contributed by atoms with Crippen molar-refractivity contribution >= 4 is 0 Å². The van der Waals surface area contributed by atoms with Crippen molar-refractivity contribution in [3.05, 3.63) is 0 Å². The minimum atomic E-state index is 0.643. The van der Waals surface area contributed by atoms with Crippen LogP contribution in [0.15, 0.2) is 0 Å². The van der Waals surface area contributed by atoms with Gasteiger partial charge in [-0.1, -0.05) is 46.5 Å². The number of hydrogen-bond donors (Lipinski definition) is 1. The highest BCUT2D eigenvalue weighted by atomic mass is 15.0. The van der Waals surface area contributed by atoms with Crippen molar-refractivity contribution in [3.8, 4) is 0 Å². The Bertz CT molecular complexity index is 232. The topological polar surface area (TPSA) is 12.0 Å². The van der Waals surface area contributed by atoms with Crippen LogP contribution < -0.4 is 5.32 Å². The lowest BCUT2D eigenvalue weighted by Crippen LogP contribution is -2.46. The summed E-state index contributed by atoms with van der Waals surface area (Å²) in [7, 11) is 0. The van der Waals surface area contributed by atoms with E-state index in [1.807, 2.05) is 0 Å². The van der Waals surface area contributed by atoms with Gasteiger partial charge >= 0.3 is 0 Å². The molecule has 2 rings (SSSR count). The molecule has 0 heterocycles. The first-order valence-corrected chi connectivity index (χ1v) is 7.94. The fourth-order valence-corrected chi connectivity index (χ4v) is 3.90. The van der Waals surface area contributed by atoms with Gasteiger partial charge in [0, 0.05) is 6.04 Å². The summed E-state index contributed by atoms with van der Waals surface area (Å²) in [5, 5.41) is 3.91. The van der Waals surface area contributed by atoms with Crippen molar-refractivity contribution in [1.82, 2.24) is 5.32 Å². The lowest BCUT2D eigenvalue weighted by molar-refractivity contribution is 0.133. The molecule has 0 radical (unpaired) electrons. The molecule has 3 unspecified atom stereocenters. The number of hydrogen-bond acceptors (Lipinski definition) is 1. The molecule has 2 saturated carbocycles. The fourth-order valence-electron chi connectivity index (χ4n) is 3.90. The van der Waals surface area contributed by atoms with E-state index in [0.29, 0.717) is 5.41 Å². The second-order valence-corrected chi connectivity index (χ2v) is 6.70. The summed E-state index contributed by atoms with van der Waals surface area (Å²) >= 11 is 0. The van der Waals surface area contributed by atoms with Gasteiger partial charge in [-0.05, 0) is 49.5 Å². The molecular formula is C16H31N. The molecule has 0 saturated heterocycles. The van der Waals surface area contributed by atoms with Gasteiger partial charge in [-0.3, -0.25) is 0 Å². The summed E-state index contributed by atoms with van der Waals surface area (Å²) in [6, 6.07) is 0.813. The summed E-state index contributed by atoms with van der Waals surface area (Å²) in [5.74, 6) is 1.96. The van der Waals surface area contributed by atoms with Crippen LogP contribution in [-0.4, -0.2) is 12.6 Å². The molecule has 0 aromatic rings. The van der Waals surface area contributed by atoms with Crippen molar-refractivity contribution in [2.24, 2.45) is 17.3 Å². The highest BCUT2D eigenvalue weighted by Crippen LogP contribution is 2.53. The Hall–Kier alpha value is -0.0400. The standard InChI is InChI=1S/C16H31N/c1-4-12-17-15(16(3)10-11-16)14-9-7-6-8-13(14)5-2/h13-15,17H,4-12H2,1-3H3. The second-order valence-electron chi connectivity index (χ2n) is 6.70. The van der Waals surface area contributed by atoms with Crippen LogP contribution in [0.4, 0.5) is 0 Å². The molecule has 3 atom stereocenters. The van der Waals surface area contributed by atoms with Gasteiger partial charge in [0.05, 0.1) is 0 Å². The van der Waals surface area contributed by atoms with Gasteiger partial charge in [0.15, 0.2) is 0 Å². The van der Waals surface area contributed by atoms with Crippen molar-refractivity contribution in [2.75, 3.05) is 6.54 Å². The van der Waals surface area contributed by atoms with Gasteiger partial charge < -0.3 is 5.32 Å². The summed E-state index contributed by atoms with van der Waals surface area (Å²) in [4.78, 5) is 0. The van der Waals surface area contributed by atoms with Crippen LogP contribution in [-0.2, 0) is 0 Å². The van der Waals surface area contributed by atoms with Gasteiger partial charge in [0.1, 0.15) is 0 Å². The minimum absolute atomic E-state index is 0.643. The maximum absolute atomic E-state index is 3.91. The molecule has 1 heteroatoms. The van der Waals surface area contributed by atoms with Gasteiger partial charge in [0.25, 0.3) is 0 Å². The van der Waals surface area contributed by atoms with E-state index in [1.165, 1.54) is 57.9 Å². The Morgan fingerprint density at radius 1 is 1.18 bits per heavy atom. The Morgan fingerprint density at radius 3 is 2.47 bits per heavy atom. The molecule has 2 fully saturated rings. The predicted octanol–water partition coefficient (Wildman–Crippen LogP) is 4.37. The SMILES string of the molecule is CCCNC(C1CCCCC1CC)C1(C)CC1. The maximum Gasteiger partial charge on any atom is 0.0152 e. The van der Waals surface area contributed by atoms with Crippen molar-refractivity contribution in [1.29, 1.82) is 0 Å². The van der Waals surface area contributed by atoms with Gasteiger partial charge in [-0.15, -0.1) is 0 Å². The van der Waals surface area contributed by atoms with Crippen LogP contribution in [0.2, 0.25) is 0 Å². The molecular weight excluding hydrogens is 206 g/mol. The quantitative estimate of drug-likeness (QED) is 0.723. The van der Waals surface area contributed by atoms with Gasteiger partial charge in [-0.25, -0.2) is 0 Å². The third-order valence-electron chi connectivity index (χ3n) is 5.32.